The summed E-state index contributed by atoms with van der Waals surface area (Å²) in [6.07, 6.45) is 1.82. The van der Waals surface area contributed by atoms with Gasteiger partial charge in [0.15, 0.2) is 10.6 Å². The Morgan fingerprint density at radius 3 is 2.67 bits per heavy atom. The molecule has 0 spiro atoms. The Hall–Kier alpha value is -2.26. The van der Waals surface area contributed by atoms with Gasteiger partial charge in [0.25, 0.3) is 0 Å². The number of carbonyl (C=O) groups is 1. The molecule has 1 aliphatic rings. The highest BCUT2D eigenvalue weighted by molar-refractivity contribution is 7.71. The van der Waals surface area contributed by atoms with Gasteiger partial charge in [-0.1, -0.05) is 12.1 Å². The van der Waals surface area contributed by atoms with Crippen LogP contribution in [0.25, 0.3) is 11.4 Å². The fraction of sp³-hybridized carbons (Fsp3) is 0.625. The smallest absolute Gasteiger partial charge is 0.410 e. The average molecular weight is 478 g/mol. The van der Waals surface area contributed by atoms with E-state index in [4.69, 9.17) is 17.0 Å². The van der Waals surface area contributed by atoms with Gasteiger partial charge in [-0.15, -0.1) is 0 Å². The fourth-order valence-corrected chi connectivity index (χ4v) is 4.36. The van der Waals surface area contributed by atoms with E-state index in [0.717, 1.165) is 25.9 Å². The monoisotopic (exact) mass is 477 g/mol. The second-order valence-corrected chi connectivity index (χ2v) is 10.5. The van der Waals surface area contributed by atoms with E-state index in [-0.39, 0.29) is 18.0 Å². The van der Waals surface area contributed by atoms with Gasteiger partial charge in [-0.05, 0) is 84.3 Å². The first-order valence-electron chi connectivity index (χ1n) is 11.6. The summed E-state index contributed by atoms with van der Waals surface area (Å²) in [4.78, 5) is 16.8. The number of likely N-dealkylation sites (tertiary alicyclic amines) is 1. The van der Waals surface area contributed by atoms with Crippen molar-refractivity contribution in [1.82, 2.24) is 24.1 Å². The summed E-state index contributed by atoms with van der Waals surface area (Å²) in [6.45, 7) is 12.6. The highest BCUT2D eigenvalue weighted by Gasteiger charge is 2.29. The summed E-state index contributed by atoms with van der Waals surface area (Å²) in [5.74, 6) is 0.530. The van der Waals surface area contributed by atoms with Crippen LogP contribution < -0.4 is 0 Å². The number of rotatable bonds is 6. The third-order valence-corrected chi connectivity index (χ3v) is 6.28. The van der Waals surface area contributed by atoms with E-state index >= 15 is 0 Å². The number of ether oxygens (including phenoxy) is 1. The molecular formula is C24H36FN5O2S. The largest absolute Gasteiger partial charge is 0.444 e. The molecule has 3 rings (SSSR count). The van der Waals surface area contributed by atoms with Crippen molar-refractivity contribution in [2.24, 2.45) is 13.0 Å². The molecule has 1 aromatic heterocycles. The van der Waals surface area contributed by atoms with Crippen molar-refractivity contribution in [3.63, 3.8) is 0 Å². The second kappa shape index (κ2) is 10.3. The Morgan fingerprint density at radius 2 is 2.03 bits per heavy atom. The number of hydrogen-bond donors (Lipinski definition) is 0. The van der Waals surface area contributed by atoms with Crippen LogP contribution in [0.1, 0.15) is 47.5 Å². The van der Waals surface area contributed by atoms with Crippen molar-refractivity contribution in [2.45, 2.75) is 65.8 Å². The molecule has 1 aromatic carbocycles. The molecule has 0 N–H and O–H groups in total. The topological polar surface area (TPSA) is 55.5 Å². The Kier molecular flexibility index (Phi) is 7.95. The lowest BCUT2D eigenvalue weighted by molar-refractivity contribution is 0.0108. The molecule has 0 bridgehead atoms. The number of halogens is 1. The van der Waals surface area contributed by atoms with Crippen LogP contribution in [0.3, 0.4) is 0 Å². The highest BCUT2D eigenvalue weighted by Crippen LogP contribution is 2.23. The van der Waals surface area contributed by atoms with Gasteiger partial charge in [0.2, 0.25) is 0 Å². The molecule has 2 heterocycles. The molecule has 1 saturated heterocycles. The van der Waals surface area contributed by atoms with Crippen LogP contribution in [0, 0.1) is 16.5 Å². The van der Waals surface area contributed by atoms with E-state index in [0.29, 0.717) is 35.3 Å². The minimum Gasteiger partial charge on any atom is -0.444 e. The number of carbonyl (C=O) groups excluding carboxylic acids is 1. The molecule has 1 unspecified atom stereocenters. The summed E-state index contributed by atoms with van der Waals surface area (Å²) >= 11 is 5.59. The molecule has 33 heavy (non-hydrogen) atoms. The van der Waals surface area contributed by atoms with Gasteiger partial charge in [0, 0.05) is 26.2 Å². The van der Waals surface area contributed by atoms with E-state index in [1.165, 1.54) is 6.07 Å². The quantitative estimate of drug-likeness (QED) is 0.544. The molecule has 0 aliphatic carbocycles. The zero-order valence-corrected chi connectivity index (χ0v) is 21.4. The Labute approximate surface area is 201 Å². The predicted octanol–water partition coefficient (Wildman–Crippen LogP) is 5.07. The third-order valence-electron chi connectivity index (χ3n) is 5.80. The first-order valence-corrected chi connectivity index (χ1v) is 12.0. The summed E-state index contributed by atoms with van der Waals surface area (Å²) in [5.41, 5.74) is -0.0832. The number of aromatic nitrogens is 3. The zero-order chi connectivity index (χ0) is 24.3. The number of nitrogens with zero attached hydrogens (tertiary/aromatic N) is 5. The van der Waals surface area contributed by atoms with Crippen molar-refractivity contribution >= 4 is 18.3 Å². The van der Waals surface area contributed by atoms with Gasteiger partial charge in [-0.2, -0.15) is 5.10 Å². The zero-order valence-electron chi connectivity index (χ0n) is 20.5. The summed E-state index contributed by atoms with van der Waals surface area (Å²) in [5, 5.41) is 4.63. The number of hydrogen-bond acceptors (Lipinski definition) is 5. The Morgan fingerprint density at radius 1 is 1.33 bits per heavy atom. The number of amides is 1. The molecule has 1 amide bonds. The predicted molar refractivity (Wildman–Crippen MR) is 130 cm³/mol. The summed E-state index contributed by atoms with van der Waals surface area (Å²) in [7, 11) is 1.81. The van der Waals surface area contributed by atoms with Gasteiger partial charge in [0.1, 0.15) is 11.4 Å². The molecule has 182 valence electrons. The fourth-order valence-electron chi connectivity index (χ4n) is 4.17. The number of piperidine rings is 1. The first-order chi connectivity index (χ1) is 15.5. The van der Waals surface area contributed by atoms with Gasteiger partial charge in [-0.25, -0.2) is 13.9 Å². The van der Waals surface area contributed by atoms with E-state index in [1.807, 2.05) is 46.6 Å². The van der Waals surface area contributed by atoms with Crippen molar-refractivity contribution in [3.8, 4) is 11.4 Å². The summed E-state index contributed by atoms with van der Waals surface area (Å²) < 4.78 is 24.0. The van der Waals surface area contributed by atoms with Gasteiger partial charge in [-0.3, -0.25) is 4.90 Å². The van der Waals surface area contributed by atoms with E-state index in [2.05, 4.69) is 10.00 Å². The van der Waals surface area contributed by atoms with Crippen molar-refractivity contribution < 1.29 is 13.9 Å². The summed E-state index contributed by atoms with van der Waals surface area (Å²) in [6, 6.07) is 6.66. The second-order valence-electron chi connectivity index (χ2n) is 10.1. The lowest BCUT2D eigenvalue weighted by atomic mass is 9.97. The molecule has 1 atom stereocenters. The van der Waals surface area contributed by atoms with Crippen molar-refractivity contribution in [3.05, 3.63) is 34.9 Å². The van der Waals surface area contributed by atoms with Crippen LogP contribution in [0.2, 0.25) is 0 Å². The maximum atomic E-state index is 14.3. The Balaban J connectivity index is 1.70. The SMILES string of the molecule is CC(C)N(CC1CCCN(Cn2nc(-c3ccccc3F)n(C)c2=S)C1)C(=O)OC(C)(C)C. The van der Waals surface area contributed by atoms with Crippen molar-refractivity contribution in [2.75, 3.05) is 19.6 Å². The first kappa shape index (κ1) is 25.4. The molecule has 0 radical (unpaired) electrons. The standard InChI is InChI=1S/C24H36FN5O2S/c1-17(2)29(23(31)32-24(3,4)5)15-18-10-9-13-28(14-18)16-30-22(33)27(6)21(26-30)19-11-7-8-12-20(19)25/h7-8,11-12,17-18H,9-10,13-16H2,1-6H3. The molecule has 9 heteroatoms. The van der Waals surface area contributed by atoms with Crippen LogP contribution >= 0.6 is 12.2 Å². The van der Waals surface area contributed by atoms with E-state index in [9.17, 15) is 9.18 Å². The van der Waals surface area contributed by atoms with Crippen LogP contribution in [0.5, 0.6) is 0 Å². The minimum atomic E-state index is -0.520. The van der Waals surface area contributed by atoms with Crippen LogP contribution in [-0.4, -0.2) is 61.5 Å². The van der Waals surface area contributed by atoms with Crippen LogP contribution in [0.4, 0.5) is 9.18 Å². The highest BCUT2D eigenvalue weighted by atomic mass is 32.1. The molecule has 7 nitrogen and oxygen atoms in total. The number of benzene rings is 1. The Bertz CT molecular complexity index is 1030. The molecule has 2 aromatic rings. The van der Waals surface area contributed by atoms with Gasteiger partial charge in [0.05, 0.1) is 12.2 Å². The third kappa shape index (κ3) is 6.41. The van der Waals surface area contributed by atoms with Crippen molar-refractivity contribution in [1.29, 1.82) is 0 Å². The van der Waals surface area contributed by atoms with E-state index in [1.54, 1.807) is 27.4 Å². The maximum Gasteiger partial charge on any atom is 0.410 e. The lowest BCUT2D eigenvalue weighted by Gasteiger charge is -2.37. The van der Waals surface area contributed by atoms with Crippen LogP contribution in [0.15, 0.2) is 24.3 Å². The maximum absolute atomic E-state index is 14.3. The van der Waals surface area contributed by atoms with Crippen LogP contribution in [-0.2, 0) is 18.5 Å². The normalized spacial score (nSPS) is 17.4. The van der Waals surface area contributed by atoms with Gasteiger partial charge >= 0.3 is 6.09 Å². The van der Waals surface area contributed by atoms with E-state index < -0.39 is 5.60 Å². The average Bonchev–Trinajstić information content (AvgIpc) is 2.99. The molecular weight excluding hydrogens is 441 g/mol. The minimum absolute atomic E-state index is 0.0583. The molecule has 1 aliphatic heterocycles. The lowest BCUT2D eigenvalue weighted by Crippen LogP contribution is -2.47. The molecule has 0 saturated carbocycles. The molecule has 1 fully saturated rings. The van der Waals surface area contributed by atoms with Gasteiger partial charge < -0.3 is 14.2 Å².